The maximum absolute atomic E-state index is 11.5. The molecule has 1 rings (SSSR count). The van der Waals surface area contributed by atoms with Gasteiger partial charge in [0.05, 0.1) is 13.1 Å². The lowest BCUT2D eigenvalue weighted by Crippen LogP contribution is -2.48. The maximum atomic E-state index is 11.5. The Morgan fingerprint density at radius 1 is 0.588 bits per heavy atom. The lowest BCUT2D eigenvalue weighted by atomic mass is 10.2. The van der Waals surface area contributed by atoms with Gasteiger partial charge in [-0.3, -0.25) is 39.8 Å². The van der Waals surface area contributed by atoms with Gasteiger partial charge in [0.1, 0.15) is 0 Å². The SMILES string of the molecule is NNC(=O)CCCN1CCN(CCCC(=O)NN)CCN(CC(=O)O)CCN(CC(=O)O)CC1. The van der Waals surface area contributed by atoms with E-state index in [1.165, 1.54) is 0 Å². The Morgan fingerprint density at radius 2 is 0.882 bits per heavy atom. The summed E-state index contributed by atoms with van der Waals surface area (Å²) >= 11 is 0. The van der Waals surface area contributed by atoms with Crippen LogP contribution in [0.15, 0.2) is 0 Å². The molecule has 14 nitrogen and oxygen atoms in total. The lowest BCUT2D eigenvalue weighted by Gasteiger charge is -2.33. The van der Waals surface area contributed by atoms with E-state index in [4.69, 9.17) is 11.7 Å². The van der Waals surface area contributed by atoms with Gasteiger partial charge in [-0.2, -0.15) is 0 Å². The molecule has 0 spiro atoms. The summed E-state index contributed by atoms with van der Waals surface area (Å²) in [5.41, 5.74) is 4.24. The van der Waals surface area contributed by atoms with Gasteiger partial charge in [0, 0.05) is 65.2 Å². The van der Waals surface area contributed by atoms with E-state index in [1.807, 2.05) is 9.80 Å². The van der Waals surface area contributed by atoms with E-state index in [0.29, 0.717) is 91.1 Å². The summed E-state index contributed by atoms with van der Waals surface area (Å²) in [5.74, 6) is 7.96. The summed E-state index contributed by atoms with van der Waals surface area (Å²) < 4.78 is 0. The molecule has 34 heavy (non-hydrogen) atoms. The van der Waals surface area contributed by atoms with Crippen molar-refractivity contribution in [3.05, 3.63) is 0 Å². The van der Waals surface area contributed by atoms with E-state index in [1.54, 1.807) is 0 Å². The average molecular weight is 489 g/mol. The lowest BCUT2D eigenvalue weighted by molar-refractivity contribution is -0.140. The van der Waals surface area contributed by atoms with Crippen molar-refractivity contribution in [1.82, 2.24) is 30.5 Å². The van der Waals surface area contributed by atoms with Crippen molar-refractivity contribution in [3.63, 3.8) is 0 Å². The van der Waals surface area contributed by atoms with E-state index in [-0.39, 0.29) is 24.9 Å². The third kappa shape index (κ3) is 14.0. The van der Waals surface area contributed by atoms with Gasteiger partial charge in [-0.25, -0.2) is 11.7 Å². The highest BCUT2D eigenvalue weighted by Crippen LogP contribution is 2.04. The molecule has 8 N–H and O–H groups in total. The minimum Gasteiger partial charge on any atom is -0.480 e. The molecular weight excluding hydrogens is 448 g/mol. The first-order valence-corrected chi connectivity index (χ1v) is 11.6. The minimum atomic E-state index is -0.935. The van der Waals surface area contributed by atoms with Gasteiger partial charge in [-0.15, -0.1) is 0 Å². The molecule has 1 aliphatic heterocycles. The van der Waals surface area contributed by atoms with Gasteiger partial charge in [0.15, 0.2) is 0 Å². The Labute approximate surface area is 200 Å². The predicted molar refractivity (Wildman–Crippen MR) is 124 cm³/mol. The number of hydrazine groups is 2. The molecule has 1 fully saturated rings. The number of carbonyl (C=O) groups is 4. The van der Waals surface area contributed by atoms with E-state index in [2.05, 4.69) is 20.7 Å². The van der Waals surface area contributed by atoms with Crippen LogP contribution in [-0.2, 0) is 19.2 Å². The predicted octanol–water partition coefficient (Wildman–Crippen LogP) is -3.08. The number of carboxylic acids is 2. The molecule has 0 unspecified atom stereocenters. The molecule has 2 amide bonds. The van der Waals surface area contributed by atoms with Gasteiger partial charge >= 0.3 is 11.9 Å². The topological polar surface area (TPSA) is 198 Å². The van der Waals surface area contributed by atoms with E-state index < -0.39 is 11.9 Å². The normalized spacial score (nSPS) is 17.9. The van der Waals surface area contributed by atoms with Crippen LogP contribution in [-0.4, -0.2) is 132 Å². The van der Waals surface area contributed by atoms with Crippen LogP contribution in [0, 0.1) is 0 Å². The zero-order valence-electron chi connectivity index (χ0n) is 19.8. The Morgan fingerprint density at radius 3 is 1.15 bits per heavy atom. The molecule has 0 aromatic rings. The Bertz CT molecular complexity index is 599. The molecule has 0 aliphatic carbocycles. The highest BCUT2D eigenvalue weighted by atomic mass is 16.4. The number of carbonyl (C=O) groups excluding carboxylic acids is 2. The molecular formula is C20H40N8O6. The highest BCUT2D eigenvalue weighted by Gasteiger charge is 2.19. The van der Waals surface area contributed by atoms with Crippen molar-refractivity contribution in [2.24, 2.45) is 11.7 Å². The maximum Gasteiger partial charge on any atom is 0.317 e. The third-order valence-corrected chi connectivity index (χ3v) is 5.73. The summed E-state index contributed by atoms with van der Waals surface area (Å²) in [5, 5.41) is 18.5. The van der Waals surface area contributed by atoms with Crippen LogP contribution in [0.5, 0.6) is 0 Å². The van der Waals surface area contributed by atoms with Crippen LogP contribution in [0.4, 0.5) is 0 Å². The number of rotatable bonds is 12. The number of carboxylic acid groups (broad SMARTS) is 2. The fraction of sp³-hybridized carbons (Fsp3) is 0.800. The fourth-order valence-corrected chi connectivity index (χ4v) is 3.80. The molecule has 1 saturated heterocycles. The van der Waals surface area contributed by atoms with Gasteiger partial charge < -0.3 is 20.0 Å². The van der Waals surface area contributed by atoms with Crippen LogP contribution in [0.25, 0.3) is 0 Å². The second kappa shape index (κ2) is 17.1. The van der Waals surface area contributed by atoms with Crippen molar-refractivity contribution < 1.29 is 29.4 Å². The summed E-state index contributed by atoms with van der Waals surface area (Å²) in [6, 6.07) is 0. The molecule has 196 valence electrons. The van der Waals surface area contributed by atoms with Crippen LogP contribution < -0.4 is 22.5 Å². The molecule has 0 aromatic heterocycles. The van der Waals surface area contributed by atoms with Crippen molar-refractivity contribution in [2.75, 3.05) is 78.5 Å². The van der Waals surface area contributed by atoms with Gasteiger partial charge in [-0.05, 0) is 25.9 Å². The molecule has 0 bridgehead atoms. The zero-order valence-corrected chi connectivity index (χ0v) is 19.8. The van der Waals surface area contributed by atoms with Crippen LogP contribution in [0.3, 0.4) is 0 Å². The molecule has 0 atom stereocenters. The Balaban J connectivity index is 2.86. The average Bonchev–Trinajstić information content (AvgIpc) is 2.78. The largest absolute Gasteiger partial charge is 0.480 e. The smallest absolute Gasteiger partial charge is 0.317 e. The van der Waals surface area contributed by atoms with Crippen LogP contribution >= 0.6 is 0 Å². The first-order valence-electron chi connectivity index (χ1n) is 11.6. The summed E-state index contributed by atoms with van der Waals surface area (Å²) in [4.78, 5) is 53.6. The monoisotopic (exact) mass is 488 g/mol. The molecule has 1 aliphatic rings. The summed E-state index contributed by atoms with van der Waals surface area (Å²) in [6.45, 7) is 5.53. The van der Waals surface area contributed by atoms with Crippen LogP contribution in [0.1, 0.15) is 25.7 Å². The molecule has 0 saturated carbocycles. The minimum absolute atomic E-state index is 0.125. The van der Waals surface area contributed by atoms with Crippen molar-refractivity contribution in [1.29, 1.82) is 0 Å². The second-order valence-electron chi connectivity index (χ2n) is 8.37. The number of aliphatic carboxylic acids is 2. The summed E-state index contributed by atoms with van der Waals surface area (Å²) in [7, 11) is 0. The first kappa shape index (κ1) is 29.7. The van der Waals surface area contributed by atoms with Gasteiger partial charge in [0.2, 0.25) is 11.8 Å². The Kier molecular flexibility index (Phi) is 14.9. The molecule has 14 heteroatoms. The molecule has 0 aromatic carbocycles. The number of nitrogens with two attached hydrogens (primary N) is 2. The summed E-state index contributed by atoms with van der Waals surface area (Å²) in [6.07, 6.45) is 1.83. The van der Waals surface area contributed by atoms with E-state index >= 15 is 0 Å². The van der Waals surface area contributed by atoms with Crippen LogP contribution in [0.2, 0.25) is 0 Å². The molecule has 0 radical (unpaired) electrons. The van der Waals surface area contributed by atoms with Gasteiger partial charge in [-0.1, -0.05) is 0 Å². The zero-order chi connectivity index (χ0) is 25.3. The Hall–Kier alpha value is -2.36. The number of nitrogens with one attached hydrogen (secondary N) is 2. The van der Waals surface area contributed by atoms with Crippen molar-refractivity contribution >= 4 is 23.8 Å². The number of hydrogen-bond acceptors (Lipinski definition) is 10. The van der Waals surface area contributed by atoms with E-state index in [0.717, 1.165) is 0 Å². The second-order valence-corrected chi connectivity index (χ2v) is 8.37. The molecule has 1 heterocycles. The van der Waals surface area contributed by atoms with Crippen molar-refractivity contribution in [3.8, 4) is 0 Å². The quantitative estimate of drug-likeness (QED) is 0.0921. The fourth-order valence-electron chi connectivity index (χ4n) is 3.80. The standard InChI is InChI=1S/C20H40N8O6/c21-23-17(29)3-1-5-25-7-8-26(6-2-4-18(30)24-22)10-12-28(16-20(33)34)14-13-27(11-9-25)15-19(31)32/h1-16,21-22H2,(H,23,29)(H,24,30)(H,31,32)(H,33,34). The highest BCUT2D eigenvalue weighted by molar-refractivity contribution is 5.75. The van der Waals surface area contributed by atoms with E-state index in [9.17, 15) is 29.4 Å². The number of nitrogens with zero attached hydrogens (tertiary/aromatic N) is 4. The van der Waals surface area contributed by atoms with Crippen molar-refractivity contribution in [2.45, 2.75) is 25.7 Å². The third-order valence-electron chi connectivity index (χ3n) is 5.73. The number of hydrogen-bond donors (Lipinski definition) is 6. The first-order chi connectivity index (χ1) is 16.2. The number of amides is 2. The van der Waals surface area contributed by atoms with Gasteiger partial charge in [0.25, 0.3) is 0 Å².